The first-order valence-corrected chi connectivity index (χ1v) is 4.64. The molecule has 0 bridgehead atoms. The van der Waals surface area contributed by atoms with Crippen molar-refractivity contribution in [3.63, 3.8) is 0 Å². The van der Waals surface area contributed by atoms with Crippen LogP contribution < -0.4 is 10.6 Å². The van der Waals surface area contributed by atoms with Crippen LogP contribution in [0.5, 0.6) is 0 Å². The number of halogens is 2. The van der Waals surface area contributed by atoms with Gasteiger partial charge >= 0.3 is 0 Å². The highest BCUT2D eigenvalue weighted by molar-refractivity contribution is 5.95. The van der Waals surface area contributed by atoms with E-state index in [0.29, 0.717) is 13.1 Å². The molecule has 0 aliphatic carbocycles. The molecule has 1 amide bonds. The van der Waals surface area contributed by atoms with E-state index in [4.69, 9.17) is 0 Å². The summed E-state index contributed by atoms with van der Waals surface area (Å²) in [7, 11) is 0. The minimum atomic E-state index is -0.834. The van der Waals surface area contributed by atoms with Gasteiger partial charge in [-0.25, -0.2) is 8.78 Å². The van der Waals surface area contributed by atoms with Crippen LogP contribution in [0.1, 0.15) is 10.4 Å². The van der Waals surface area contributed by atoms with E-state index in [9.17, 15) is 13.6 Å². The third-order valence-corrected chi connectivity index (χ3v) is 2.31. The second kappa shape index (κ2) is 3.94. The van der Waals surface area contributed by atoms with Crippen LogP contribution in [0.4, 0.5) is 8.78 Å². The maximum Gasteiger partial charge on any atom is 0.257 e. The number of carbonyl (C=O) groups is 1. The van der Waals surface area contributed by atoms with Crippen LogP contribution in [0, 0.1) is 11.6 Å². The summed E-state index contributed by atoms with van der Waals surface area (Å²) >= 11 is 0. The summed E-state index contributed by atoms with van der Waals surface area (Å²) in [6, 6.07) is 3.33. The molecule has 0 atom stereocenters. The van der Waals surface area contributed by atoms with E-state index in [1.807, 2.05) is 0 Å². The number of carbonyl (C=O) groups excluding carboxylic acids is 1. The molecule has 1 saturated heterocycles. The molecule has 15 heavy (non-hydrogen) atoms. The molecule has 1 heterocycles. The van der Waals surface area contributed by atoms with Crippen molar-refractivity contribution >= 4 is 5.91 Å². The Morgan fingerprint density at radius 3 is 2.40 bits per heavy atom. The molecule has 80 valence electrons. The highest BCUT2D eigenvalue weighted by Gasteiger charge is 2.23. The second-order valence-electron chi connectivity index (χ2n) is 3.43. The summed E-state index contributed by atoms with van der Waals surface area (Å²) < 4.78 is 26.3. The molecule has 1 aliphatic heterocycles. The summed E-state index contributed by atoms with van der Waals surface area (Å²) in [5.41, 5.74) is -0.510. The van der Waals surface area contributed by atoms with Crippen molar-refractivity contribution < 1.29 is 13.6 Å². The van der Waals surface area contributed by atoms with E-state index in [0.717, 1.165) is 12.1 Å². The standard InChI is InChI=1S/C10H10F2N2O/c11-7-2-1-3-8(12)9(7)10(15)14-6-4-13-5-6/h1-3,6,13H,4-5H2,(H,14,15). The lowest BCUT2D eigenvalue weighted by Crippen LogP contribution is -2.57. The largest absolute Gasteiger partial charge is 0.347 e. The van der Waals surface area contributed by atoms with Gasteiger partial charge in [0.2, 0.25) is 0 Å². The van der Waals surface area contributed by atoms with Gasteiger partial charge in [0.25, 0.3) is 5.91 Å². The zero-order valence-corrected chi connectivity index (χ0v) is 7.89. The van der Waals surface area contributed by atoms with Crippen LogP contribution in [0.3, 0.4) is 0 Å². The van der Waals surface area contributed by atoms with Crippen LogP contribution in [-0.2, 0) is 0 Å². The van der Waals surface area contributed by atoms with Crippen LogP contribution in [0.15, 0.2) is 18.2 Å². The Bertz CT molecular complexity index is 371. The molecule has 0 spiro atoms. The van der Waals surface area contributed by atoms with Crippen LogP contribution in [0.2, 0.25) is 0 Å². The summed E-state index contributed by atoms with van der Waals surface area (Å²) in [5, 5.41) is 5.48. The predicted molar refractivity (Wildman–Crippen MR) is 50.5 cm³/mol. The number of hydrogen-bond donors (Lipinski definition) is 2. The van der Waals surface area contributed by atoms with E-state index in [1.54, 1.807) is 0 Å². The number of nitrogens with one attached hydrogen (secondary N) is 2. The lowest BCUT2D eigenvalue weighted by molar-refractivity contribution is 0.0915. The Morgan fingerprint density at radius 2 is 1.93 bits per heavy atom. The van der Waals surface area contributed by atoms with Crippen molar-refractivity contribution in [3.8, 4) is 0 Å². The average molecular weight is 212 g/mol. The highest BCUT2D eigenvalue weighted by atomic mass is 19.1. The van der Waals surface area contributed by atoms with Crippen LogP contribution in [0.25, 0.3) is 0 Å². The van der Waals surface area contributed by atoms with Gasteiger partial charge < -0.3 is 10.6 Å². The van der Waals surface area contributed by atoms with E-state index >= 15 is 0 Å². The number of rotatable bonds is 2. The van der Waals surface area contributed by atoms with Crippen molar-refractivity contribution in [2.75, 3.05) is 13.1 Å². The SMILES string of the molecule is O=C(NC1CNC1)c1c(F)cccc1F. The fourth-order valence-electron chi connectivity index (χ4n) is 1.36. The maximum absolute atomic E-state index is 13.2. The zero-order valence-electron chi connectivity index (χ0n) is 7.89. The molecule has 1 aromatic carbocycles. The molecule has 2 rings (SSSR count). The third-order valence-electron chi connectivity index (χ3n) is 2.31. The lowest BCUT2D eigenvalue weighted by Gasteiger charge is -2.27. The summed E-state index contributed by atoms with van der Waals surface area (Å²) in [6.07, 6.45) is 0. The Morgan fingerprint density at radius 1 is 1.33 bits per heavy atom. The Hall–Kier alpha value is -1.49. The molecule has 0 aromatic heterocycles. The van der Waals surface area contributed by atoms with E-state index in [-0.39, 0.29) is 6.04 Å². The second-order valence-corrected chi connectivity index (χ2v) is 3.43. The first-order chi connectivity index (χ1) is 7.18. The molecule has 0 radical (unpaired) electrons. The van der Waals surface area contributed by atoms with Gasteiger partial charge in [-0.15, -0.1) is 0 Å². The average Bonchev–Trinajstić information content (AvgIpc) is 2.11. The normalized spacial score (nSPS) is 15.9. The molecule has 1 fully saturated rings. The number of amides is 1. The van der Waals surface area contributed by atoms with Crippen molar-refractivity contribution in [1.29, 1.82) is 0 Å². The van der Waals surface area contributed by atoms with E-state index in [2.05, 4.69) is 10.6 Å². The minimum Gasteiger partial charge on any atom is -0.347 e. The van der Waals surface area contributed by atoms with Gasteiger partial charge in [-0.05, 0) is 12.1 Å². The number of benzene rings is 1. The fraction of sp³-hybridized carbons (Fsp3) is 0.300. The van der Waals surface area contributed by atoms with Gasteiger partial charge in [-0.2, -0.15) is 0 Å². The Labute approximate surface area is 85.5 Å². The van der Waals surface area contributed by atoms with Gasteiger partial charge in [-0.1, -0.05) is 6.07 Å². The summed E-state index contributed by atoms with van der Waals surface area (Å²) in [6.45, 7) is 1.28. The Balaban J connectivity index is 2.16. The molecule has 2 N–H and O–H groups in total. The van der Waals surface area contributed by atoms with Crippen LogP contribution >= 0.6 is 0 Å². The van der Waals surface area contributed by atoms with Gasteiger partial charge in [0, 0.05) is 13.1 Å². The molecule has 3 nitrogen and oxygen atoms in total. The fourth-order valence-corrected chi connectivity index (χ4v) is 1.36. The Kier molecular flexibility index (Phi) is 2.64. The molecule has 0 saturated carbocycles. The molecule has 1 aromatic rings. The van der Waals surface area contributed by atoms with Gasteiger partial charge in [-0.3, -0.25) is 4.79 Å². The molecule has 5 heteroatoms. The lowest BCUT2D eigenvalue weighted by atomic mass is 10.1. The summed E-state index contributed by atoms with van der Waals surface area (Å²) in [4.78, 5) is 11.5. The zero-order chi connectivity index (χ0) is 10.8. The maximum atomic E-state index is 13.2. The first kappa shape index (κ1) is 10.0. The highest BCUT2D eigenvalue weighted by Crippen LogP contribution is 2.12. The van der Waals surface area contributed by atoms with Crippen molar-refractivity contribution in [2.45, 2.75) is 6.04 Å². The van der Waals surface area contributed by atoms with E-state index in [1.165, 1.54) is 6.07 Å². The quantitative estimate of drug-likeness (QED) is 0.756. The molecule has 1 aliphatic rings. The monoisotopic (exact) mass is 212 g/mol. The third kappa shape index (κ3) is 1.97. The molecular formula is C10H10F2N2O. The van der Waals surface area contributed by atoms with Gasteiger partial charge in [0.15, 0.2) is 0 Å². The van der Waals surface area contributed by atoms with Crippen LogP contribution in [-0.4, -0.2) is 25.0 Å². The summed E-state index contributed by atoms with van der Waals surface area (Å²) in [5.74, 6) is -2.36. The molecular weight excluding hydrogens is 202 g/mol. The van der Waals surface area contributed by atoms with E-state index < -0.39 is 23.1 Å². The number of hydrogen-bond acceptors (Lipinski definition) is 2. The molecule has 0 unspecified atom stereocenters. The van der Waals surface area contributed by atoms with Gasteiger partial charge in [0.1, 0.15) is 17.2 Å². The van der Waals surface area contributed by atoms with Crippen molar-refractivity contribution in [2.24, 2.45) is 0 Å². The minimum absolute atomic E-state index is 0.0310. The van der Waals surface area contributed by atoms with Crippen molar-refractivity contribution in [1.82, 2.24) is 10.6 Å². The predicted octanol–water partition coefficient (Wildman–Crippen LogP) is 0.666. The van der Waals surface area contributed by atoms with Gasteiger partial charge in [0.05, 0.1) is 6.04 Å². The smallest absolute Gasteiger partial charge is 0.257 e. The first-order valence-electron chi connectivity index (χ1n) is 4.64. The topological polar surface area (TPSA) is 41.1 Å². The van der Waals surface area contributed by atoms with Crippen molar-refractivity contribution in [3.05, 3.63) is 35.4 Å².